The number of ether oxygens (including phenoxy) is 2. The van der Waals surface area contributed by atoms with Crippen LogP contribution in [0.4, 0.5) is 11.6 Å². The number of halogens is 2. The van der Waals surface area contributed by atoms with Crippen LogP contribution >= 0.6 is 23.2 Å². The number of fused-ring (bicyclic) bond motifs is 1. The quantitative estimate of drug-likeness (QED) is 0.225. The lowest BCUT2D eigenvalue weighted by atomic mass is 10.0. The number of hydrogen-bond donors (Lipinski definition) is 2. The van der Waals surface area contributed by atoms with E-state index >= 15 is 0 Å². The second-order valence-electron chi connectivity index (χ2n) is 9.63. The van der Waals surface area contributed by atoms with Crippen LogP contribution in [0.25, 0.3) is 22.2 Å². The molecular formula is C30H32Cl2N6O4. The van der Waals surface area contributed by atoms with Gasteiger partial charge in [-0.2, -0.15) is 4.98 Å². The number of nitrogens with zero attached hydrogens (tertiary/aromatic N) is 4. The van der Waals surface area contributed by atoms with Crippen LogP contribution in [-0.4, -0.2) is 67.2 Å². The summed E-state index contributed by atoms with van der Waals surface area (Å²) in [6, 6.07) is 10.7. The first-order valence-corrected chi connectivity index (χ1v) is 13.8. The zero-order chi connectivity index (χ0) is 30.4. The van der Waals surface area contributed by atoms with E-state index in [0.29, 0.717) is 52.7 Å². The highest BCUT2D eigenvalue weighted by molar-refractivity contribution is 6.41. The number of pyridine rings is 1. The summed E-state index contributed by atoms with van der Waals surface area (Å²) in [4.78, 5) is 37.3. The molecule has 0 saturated heterocycles. The Morgan fingerprint density at radius 1 is 1.10 bits per heavy atom. The lowest BCUT2D eigenvalue weighted by Gasteiger charge is -2.17. The average Bonchev–Trinajstić information content (AvgIpc) is 2.97. The first kappa shape index (κ1) is 30.8. The number of nitrogens with one attached hydrogen (secondary N) is 2. The van der Waals surface area contributed by atoms with E-state index in [1.54, 1.807) is 36.0 Å². The zero-order valence-electron chi connectivity index (χ0n) is 24.0. The Labute approximate surface area is 253 Å². The number of aromatic nitrogens is 3. The minimum Gasteiger partial charge on any atom is -0.495 e. The Morgan fingerprint density at radius 3 is 2.45 bits per heavy atom. The largest absolute Gasteiger partial charge is 0.495 e. The Hall–Kier alpha value is -4.12. The van der Waals surface area contributed by atoms with Gasteiger partial charge in [0.15, 0.2) is 0 Å². The van der Waals surface area contributed by atoms with E-state index in [9.17, 15) is 9.59 Å². The molecule has 0 saturated carbocycles. The highest BCUT2D eigenvalue weighted by atomic mass is 35.5. The first-order valence-electron chi connectivity index (χ1n) is 13.1. The van der Waals surface area contributed by atoms with Crippen LogP contribution in [0.2, 0.25) is 10.0 Å². The standard InChI is InChI=1S/C30H32Cl2N6O4/c1-33-30-34-17-19-15-21(25-26(31)22(41-4)16-23(42-5)27(25)32)29(40)38(28(19)36-30)13-11-18-8-6-9-20(14-18)35-24(39)10-7-12-37(2)3/h6-10,14-17H,11-13H2,1-5H3,(H,35,39)(H,33,34,36)/b10-7+. The van der Waals surface area contributed by atoms with Gasteiger partial charge >= 0.3 is 0 Å². The van der Waals surface area contributed by atoms with Gasteiger partial charge in [0.25, 0.3) is 5.56 Å². The van der Waals surface area contributed by atoms with Crippen LogP contribution in [-0.2, 0) is 17.8 Å². The van der Waals surface area contributed by atoms with Crippen LogP contribution < -0.4 is 25.7 Å². The van der Waals surface area contributed by atoms with E-state index in [2.05, 4.69) is 20.6 Å². The van der Waals surface area contributed by atoms with Crippen LogP contribution in [0.5, 0.6) is 11.5 Å². The summed E-state index contributed by atoms with van der Waals surface area (Å²) in [5.74, 6) is 0.782. The molecule has 12 heteroatoms. The maximum Gasteiger partial charge on any atom is 0.260 e. The van der Waals surface area contributed by atoms with E-state index in [4.69, 9.17) is 32.7 Å². The summed E-state index contributed by atoms with van der Waals surface area (Å²) in [6.45, 7) is 0.937. The second-order valence-corrected chi connectivity index (χ2v) is 10.4. The van der Waals surface area contributed by atoms with Crippen LogP contribution in [0.1, 0.15) is 5.56 Å². The summed E-state index contributed by atoms with van der Waals surface area (Å²) >= 11 is 13.4. The topological polar surface area (TPSA) is 111 Å². The molecule has 220 valence electrons. The van der Waals surface area contributed by atoms with E-state index in [-0.39, 0.29) is 33.6 Å². The van der Waals surface area contributed by atoms with Gasteiger partial charge in [0.2, 0.25) is 11.9 Å². The molecule has 2 N–H and O–H groups in total. The number of carbonyl (C=O) groups excluding carboxylic acids is 1. The van der Waals surface area contributed by atoms with Crippen LogP contribution in [0, 0.1) is 0 Å². The number of carbonyl (C=O) groups is 1. The molecule has 2 aromatic carbocycles. The van der Waals surface area contributed by atoms with Crippen LogP contribution in [0.3, 0.4) is 0 Å². The molecule has 10 nitrogen and oxygen atoms in total. The minimum atomic E-state index is -0.349. The molecule has 0 radical (unpaired) electrons. The third-order valence-corrected chi connectivity index (χ3v) is 7.20. The third kappa shape index (κ3) is 6.84. The number of anilines is 2. The highest BCUT2D eigenvalue weighted by Gasteiger charge is 2.23. The van der Waals surface area contributed by atoms with Gasteiger partial charge in [0.05, 0.1) is 29.8 Å². The van der Waals surface area contributed by atoms with Gasteiger partial charge in [0, 0.05) is 55.1 Å². The Balaban J connectivity index is 1.75. The number of amides is 1. The van der Waals surface area contributed by atoms with E-state index in [1.165, 1.54) is 20.3 Å². The summed E-state index contributed by atoms with van der Waals surface area (Å²) in [5.41, 5.74) is 2.21. The molecule has 0 aliphatic rings. The van der Waals surface area contributed by atoms with Crippen molar-refractivity contribution in [1.82, 2.24) is 19.4 Å². The molecule has 42 heavy (non-hydrogen) atoms. The molecule has 0 bridgehead atoms. The molecule has 0 fully saturated rings. The minimum absolute atomic E-state index is 0.183. The van der Waals surface area contributed by atoms with E-state index in [0.717, 1.165) is 5.56 Å². The van der Waals surface area contributed by atoms with Gasteiger partial charge in [0.1, 0.15) is 17.1 Å². The fourth-order valence-electron chi connectivity index (χ4n) is 4.39. The average molecular weight is 612 g/mol. The number of hydrogen-bond acceptors (Lipinski definition) is 8. The van der Waals surface area contributed by atoms with Gasteiger partial charge in [-0.3, -0.25) is 14.2 Å². The van der Waals surface area contributed by atoms with Crippen molar-refractivity contribution < 1.29 is 14.3 Å². The predicted octanol–water partition coefficient (Wildman–Crippen LogP) is 5.12. The highest BCUT2D eigenvalue weighted by Crippen LogP contribution is 2.45. The smallest absolute Gasteiger partial charge is 0.260 e. The lowest BCUT2D eigenvalue weighted by Crippen LogP contribution is -2.24. The molecular weight excluding hydrogens is 579 g/mol. The van der Waals surface area contributed by atoms with Gasteiger partial charge in [-0.05, 0) is 44.3 Å². The molecule has 2 heterocycles. The maximum absolute atomic E-state index is 14.1. The monoisotopic (exact) mass is 610 g/mol. The van der Waals surface area contributed by atoms with Crippen molar-refractivity contribution in [3.05, 3.63) is 80.7 Å². The fraction of sp³-hybridized carbons (Fsp3) is 0.267. The maximum atomic E-state index is 14.1. The molecule has 0 aliphatic heterocycles. The van der Waals surface area contributed by atoms with E-state index in [1.807, 2.05) is 43.3 Å². The summed E-state index contributed by atoms with van der Waals surface area (Å²) in [6.07, 6.45) is 5.40. The number of likely N-dealkylation sites (N-methyl/N-ethyl adjacent to an activating group) is 1. The molecule has 0 atom stereocenters. The number of aryl methyl sites for hydroxylation is 2. The zero-order valence-corrected chi connectivity index (χ0v) is 25.5. The summed E-state index contributed by atoms with van der Waals surface area (Å²) in [5, 5.41) is 6.78. The summed E-state index contributed by atoms with van der Waals surface area (Å²) in [7, 11) is 8.51. The first-order chi connectivity index (χ1) is 20.2. The van der Waals surface area contributed by atoms with Crippen molar-refractivity contribution in [3.8, 4) is 22.6 Å². The van der Waals surface area contributed by atoms with Crippen molar-refractivity contribution in [1.29, 1.82) is 0 Å². The Bertz CT molecular complexity index is 1680. The number of methoxy groups -OCH3 is 2. The van der Waals surface area contributed by atoms with E-state index < -0.39 is 0 Å². The predicted molar refractivity (Wildman–Crippen MR) is 168 cm³/mol. The molecule has 1 amide bonds. The van der Waals surface area contributed by atoms with Gasteiger partial charge in [-0.25, -0.2) is 4.98 Å². The Morgan fingerprint density at radius 2 is 1.81 bits per heavy atom. The van der Waals surface area contributed by atoms with Gasteiger partial charge in [-0.15, -0.1) is 0 Å². The summed E-state index contributed by atoms with van der Waals surface area (Å²) < 4.78 is 12.4. The Kier molecular flexibility index (Phi) is 10.1. The van der Waals surface area contributed by atoms with Gasteiger partial charge < -0.3 is 25.0 Å². The molecule has 0 aliphatic carbocycles. The van der Waals surface area contributed by atoms with Crippen LogP contribution in [0.15, 0.2) is 59.5 Å². The van der Waals surface area contributed by atoms with Crippen molar-refractivity contribution in [2.45, 2.75) is 13.0 Å². The van der Waals surface area contributed by atoms with Crippen molar-refractivity contribution >= 4 is 51.8 Å². The van der Waals surface area contributed by atoms with Crippen molar-refractivity contribution in [2.24, 2.45) is 0 Å². The van der Waals surface area contributed by atoms with Crippen molar-refractivity contribution in [2.75, 3.05) is 52.5 Å². The molecule has 0 unspecified atom stereocenters. The third-order valence-electron chi connectivity index (χ3n) is 6.45. The molecule has 0 spiro atoms. The number of benzene rings is 2. The van der Waals surface area contributed by atoms with Crippen molar-refractivity contribution in [3.63, 3.8) is 0 Å². The number of rotatable bonds is 11. The molecule has 2 aromatic heterocycles. The normalized spacial score (nSPS) is 11.3. The molecule has 4 rings (SSSR count). The van der Waals surface area contributed by atoms with Gasteiger partial charge in [-0.1, -0.05) is 41.4 Å². The molecule has 4 aromatic rings. The SMILES string of the molecule is CNc1ncc2cc(-c3c(Cl)c(OC)cc(OC)c3Cl)c(=O)n(CCc3cccc(NC(=O)/C=C/CN(C)C)c3)c2n1. The lowest BCUT2D eigenvalue weighted by molar-refractivity contribution is -0.111. The fourth-order valence-corrected chi connectivity index (χ4v) is 5.09. The second kappa shape index (κ2) is 13.7.